The monoisotopic (exact) mass is 225 g/mol. The van der Waals surface area contributed by atoms with E-state index in [2.05, 4.69) is 28.2 Å². The lowest BCUT2D eigenvalue weighted by atomic mass is 10.2. The second kappa shape index (κ2) is 5.03. The molecule has 1 aliphatic heterocycles. The summed E-state index contributed by atoms with van der Waals surface area (Å²) in [6, 6.07) is 1.01. The van der Waals surface area contributed by atoms with Crippen LogP contribution in [0.5, 0.6) is 0 Å². The van der Waals surface area contributed by atoms with Gasteiger partial charge in [0.05, 0.1) is 12.2 Å². The van der Waals surface area contributed by atoms with Gasteiger partial charge in [-0.3, -0.25) is 4.68 Å². The van der Waals surface area contributed by atoms with Gasteiger partial charge in [-0.15, -0.1) is 0 Å². The molecule has 3 nitrogen and oxygen atoms in total. The van der Waals surface area contributed by atoms with Crippen molar-refractivity contribution >= 4 is 11.8 Å². The van der Waals surface area contributed by atoms with Crippen LogP contribution < -0.4 is 5.32 Å². The molecule has 84 valence electrons. The molecule has 1 aliphatic rings. The van der Waals surface area contributed by atoms with E-state index in [0.717, 1.165) is 0 Å². The Bertz CT molecular complexity index is 305. The third-order valence-corrected chi connectivity index (χ3v) is 4.26. The first-order chi connectivity index (χ1) is 7.31. The highest BCUT2D eigenvalue weighted by Crippen LogP contribution is 2.26. The second-order valence-electron chi connectivity index (χ2n) is 4.14. The first kappa shape index (κ1) is 11.0. The molecule has 0 aromatic carbocycles. The van der Waals surface area contributed by atoms with E-state index in [1.807, 2.05) is 25.0 Å². The summed E-state index contributed by atoms with van der Waals surface area (Å²) in [5, 5.41) is 7.71. The maximum Gasteiger partial charge on any atom is 0.0609 e. The molecule has 1 fully saturated rings. The molecule has 2 atom stereocenters. The van der Waals surface area contributed by atoms with E-state index in [1.54, 1.807) is 0 Å². The summed E-state index contributed by atoms with van der Waals surface area (Å²) in [6.45, 7) is 2.16. The van der Waals surface area contributed by atoms with Crippen molar-refractivity contribution in [2.24, 2.45) is 0 Å². The molecule has 2 rings (SSSR count). The zero-order valence-corrected chi connectivity index (χ0v) is 10.3. The first-order valence-electron chi connectivity index (χ1n) is 5.60. The van der Waals surface area contributed by atoms with Crippen LogP contribution in [0.1, 0.15) is 37.4 Å². The number of nitrogens with one attached hydrogen (secondary N) is 1. The molecule has 0 amide bonds. The minimum Gasteiger partial charge on any atom is -0.313 e. The van der Waals surface area contributed by atoms with Crippen molar-refractivity contribution in [3.8, 4) is 0 Å². The Morgan fingerprint density at radius 2 is 2.53 bits per heavy atom. The zero-order valence-electron chi connectivity index (χ0n) is 9.44. The van der Waals surface area contributed by atoms with Gasteiger partial charge in [-0.25, -0.2) is 0 Å². The van der Waals surface area contributed by atoms with Gasteiger partial charge in [0, 0.05) is 23.6 Å². The van der Waals surface area contributed by atoms with Crippen molar-refractivity contribution in [2.45, 2.75) is 31.8 Å². The molecule has 4 heteroatoms. The maximum atomic E-state index is 4.47. The van der Waals surface area contributed by atoms with Crippen molar-refractivity contribution in [1.82, 2.24) is 15.1 Å². The van der Waals surface area contributed by atoms with Crippen molar-refractivity contribution in [3.63, 3.8) is 0 Å². The molecule has 2 unspecified atom stereocenters. The van der Waals surface area contributed by atoms with Gasteiger partial charge < -0.3 is 5.32 Å². The minimum absolute atomic E-state index is 0.398. The van der Waals surface area contributed by atoms with Crippen LogP contribution in [0.25, 0.3) is 0 Å². The Morgan fingerprint density at radius 1 is 1.67 bits per heavy atom. The summed E-state index contributed by atoms with van der Waals surface area (Å²) in [4.78, 5) is 0. The van der Waals surface area contributed by atoms with E-state index in [4.69, 9.17) is 0 Å². The summed E-state index contributed by atoms with van der Waals surface area (Å²) < 4.78 is 2.15. The number of nitrogens with zero attached hydrogens (tertiary/aromatic N) is 2. The quantitative estimate of drug-likeness (QED) is 0.855. The lowest BCUT2D eigenvalue weighted by molar-refractivity contribution is 0.454. The second-order valence-corrected chi connectivity index (χ2v) is 5.28. The van der Waals surface area contributed by atoms with Gasteiger partial charge in [0.25, 0.3) is 0 Å². The van der Waals surface area contributed by atoms with Crippen molar-refractivity contribution in [3.05, 3.63) is 18.0 Å². The smallest absolute Gasteiger partial charge is 0.0609 e. The summed E-state index contributed by atoms with van der Waals surface area (Å²) in [5.41, 5.74) is 1.29. The topological polar surface area (TPSA) is 29.9 Å². The van der Waals surface area contributed by atoms with Gasteiger partial charge in [-0.1, -0.05) is 0 Å². The number of hydrogen-bond donors (Lipinski definition) is 1. The number of hydrogen-bond acceptors (Lipinski definition) is 3. The van der Waals surface area contributed by atoms with Gasteiger partial charge in [-0.05, 0) is 32.6 Å². The molecular formula is C11H19N3S. The van der Waals surface area contributed by atoms with E-state index < -0.39 is 0 Å². The molecule has 0 spiro atoms. The van der Waals surface area contributed by atoms with Gasteiger partial charge in [0.2, 0.25) is 0 Å². The third-order valence-electron chi connectivity index (χ3n) is 3.06. The highest BCUT2D eigenvalue weighted by atomic mass is 32.2. The van der Waals surface area contributed by atoms with Crippen LogP contribution >= 0.6 is 11.8 Å². The van der Waals surface area contributed by atoms with Crippen LogP contribution in [-0.2, 0) is 0 Å². The van der Waals surface area contributed by atoms with E-state index in [0.29, 0.717) is 12.1 Å². The van der Waals surface area contributed by atoms with E-state index >= 15 is 0 Å². The zero-order chi connectivity index (χ0) is 10.7. The van der Waals surface area contributed by atoms with Crippen LogP contribution in [0.4, 0.5) is 0 Å². The first-order valence-corrected chi connectivity index (χ1v) is 6.76. The number of aromatic nitrogens is 2. The fourth-order valence-corrected chi connectivity index (χ4v) is 3.00. The molecule has 1 aromatic heterocycles. The van der Waals surface area contributed by atoms with Crippen molar-refractivity contribution in [2.75, 3.05) is 18.6 Å². The summed E-state index contributed by atoms with van der Waals surface area (Å²) in [6.07, 6.45) is 6.78. The van der Waals surface area contributed by atoms with Gasteiger partial charge in [-0.2, -0.15) is 16.9 Å². The summed E-state index contributed by atoms with van der Waals surface area (Å²) in [5.74, 6) is 2.53. The van der Waals surface area contributed by atoms with Gasteiger partial charge in [0.15, 0.2) is 0 Å². The van der Waals surface area contributed by atoms with E-state index in [1.165, 1.54) is 29.9 Å². The predicted molar refractivity (Wildman–Crippen MR) is 65.3 cm³/mol. The van der Waals surface area contributed by atoms with Crippen LogP contribution in [0, 0.1) is 0 Å². The van der Waals surface area contributed by atoms with Crippen LogP contribution in [0.3, 0.4) is 0 Å². The van der Waals surface area contributed by atoms with E-state index in [-0.39, 0.29) is 0 Å². The molecular weight excluding hydrogens is 206 g/mol. The molecule has 1 N–H and O–H groups in total. The normalized spacial score (nSPS) is 24.0. The summed E-state index contributed by atoms with van der Waals surface area (Å²) in [7, 11) is 1.98. The molecule has 15 heavy (non-hydrogen) atoms. The molecule has 1 saturated heterocycles. The molecule has 0 aliphatic carbocycles. The average Bonchev–Trinajstić information content (AvgIpc) is 2.78. The Labute approximate surface area is 95.6 Å². The highest BCUT2D eigenvalue weighted by molar-refractivity contribution is 7.99. The van der Waals surface area contributed by atoms with Crippen molar-refractivity contribution in [1.29, 1.82) is 0 Å². The highest BCUT2D eigenvalue weighted by Gasteiger charge is 2.17. The van der Waals surface area contributed by atoms with Crippen LogP contribution in [-0.4, -0.2) is 28.3 Å². The Morgan fingerprint density at radius 3 is 3.20 bits per heavy atom. The maximum absolute atomic E-state index is 4.47. The van der Waals surface area contributed by atoms with Gasteiger partial charge in [0.1, 0.15) is 0 Å². The molecule has 0 bridgehead atoms. The SMILES string of the molecule is CNC(C)c1cnn(C2CCCSC2)c1. The van der Waals surface area contributed by atoms with Gasteiger partial charge >= 0.3 is 0 Å². The standard InChI is InChI=1S/C11H19N3S/c1-9(12-2)10-6-13-14(7-10)11-4-3-5-15-8-11/h6-7,9,11-12H,3-5,8H2,1-2H3. The fraction of sp³-hybridized carbons (Fsp3) is 0.727. The van der Waals surface area contributed by atoms with Crippen molar-refractivity contribution < 1.29 is 0 Å². The average molecular weight is 225 g/mol. The molecule has 2 heterocycles. The molecule has 0 radical (unpaired) electrons. The van der Waals surface area contributed by atoms with Crippen LogP contribution in [0.15, 0.2) is 12.4 Å². The third kappa shape index (κ3) is 2.55. The minimum atomic E-state index is 0.398. The largest absolute Gasteiger partial charge is 0.313 e. The Balaban J connectivity index is 2.05. The number of rotatable bonds is 3. The fourth-order valence-electron chi connectivity index (χ4n) is 1.88. The number of thioether (sulfide) groups is 1. The lowest BCUT2D eigenvalue weighted by Crippen LogP contribution is -2.16. The Kier molecular flexibility index (Phi) is 3.70. The molecule has 1 aromatic rings. The summed E-state index contributed by atoms with van der Waals surface area (Å²) >= 11 is 2.04. The lowest BCUT2D eigenvalue weighted by Gasteiger charge is -2.21. The molecule has 0 saturated carbocycles. The van der Waals surface area contributed by atoms with Crippen LogP contribution in [0.2, 0.25) is 0 Å². The Hall–Kier alpha value is -0.480. The van der Waals surface area contributed by atoms with E-state index in [9.17, 15) is 0 Å². The predicted octanol–water partition coefficient (Wildman–Crippen LogP) is 2.23.